The summed E-state index contributed by atoms with van der Waals surface area (Å²) in [5.41, 5.74) is 3.63. The van der Waals surface area contributed by atoms with Gasteiger partial charge >= 0.3 is 0 Å². The molecule has 3 rings (SSSR count). The third-order valence-electron chi connectivity index (χ3n) is 3.12. The summed E-state index contributed by atoms with van der Waals surface area (Å²) in [5, 5.41) is 4.25. The van der Waals surface area contributed by atoms with E-state index in [1.54, 1.807) is 16.9 Å². The molecule has 104 valence electrons. The van der Waals surface area contributed by atoms with E-state index < -0.39 is 0 Å². The molecule has 0 radical (unpaired) electrons. The minimum absolute atomic E-state index is 0.646. The number of aryl methyl sites for hydroxylation is 1. The van der Waals surface area contributed by atoms with Gasteiger partial charge in [0.05, 0.1) is 12.8 Å². The Hall–Kier alpha value is -2.80. The van der Waals surface area contributed by atoms with E-state index in [0.717, 1.165) is 28.2 Å². The van der Waals surface area contributed by atoms with Crippen LogP contribution in [0.2, 0.25) is 0 Å². The van der Waals surface area contributed by atoms with Crippen LogP contribution in [0.1, 0.15) is 23.7 Å². The van der Waals surface area contributed by atoms with Gasteiger partial charge in [0.2, 0.25) is 0 Å². The maximum absolute atomic E-state index is 5.51. The molecule has 0 spiro atoms. The second kappa shape index (κ2) is 5.68. The third kappa shape index (κ3) is 2.72. The molecule has 0 unspecified atom stereocenters. The van der Waals surface area contributed by atoms with Crippen LogP contribution in [0.3, 0.4) is 0 Å². The van der Waals surface area contributed by atoms with Gasteiger partial charge in [-0.25, -0.2) is 9.50 Å². The molecular weight excluding hydrogens is 262 g/mol. The van der Waals surface area contributed by atoms with Crippen molar-refractivity contribution in [3.8, 4) is 17.6 Å². The quantitative estimate of drug-likeness (QED) is 0.676. The summed E-state index contributed by atoms with van der Waals surface area (Å²) < 4.78 is 7.24. The Morgan fingerprint density at radius 1 is 1.24 bits per heavy atom. The number of nitrogens with zero attached hydrogens (tertiary/aromatic N) is 3. The van der Waals surface area contributed by atoms with Gasteiger partial charge in [-0.1, -0.05) is 12.0 Å². The Bertz CT molecular complexity index is 840. The van der Waals surface area contributed by atoms with Gasteiger partial charge in [-0.15, -0.1) is 0 Å². The number of aromatic nitrogens is 3. The van der Waals surface area contributed by atoms with Crippen LogP contribution >= 0.6 is 0 Å². The fourth-order valence-electron chi connectivity index (χ4n) is 2.04. The van der Waals surface area contributed by atoms with Crippen molar-refractivity contribution in [2.45, 2.75) is 13.8 Å². The zero-order valence-corrected chi connectivity index (χ0v) is 12.0. The fourth-order valence-corrected chi connectivity index (χ4v) is 2.04. The Labute approximate surface area is 123 Å². The SMILES string of the molecule is CCOc1ccc(C)c(C#Cc2cnc3cccnn23)c1. The van der Waals surface area contributed by atoms with E-state index >= 15 is 0 Å². The van der Waals surface area contributed by atoms with E-state index in [2.05, 4.69) is 21.9 Å². The van der Waals surface area contributed by atoms with E-state index in [4.69, 9.17) is 4.74 Å². The highest BCUT2D eigenvalue weighted by molar-refractivity contribution is 5.49. The van der Waals surface area contributed by atoms with Crippen LogP contribution in [-0.2, 0) is 0 Å². The van der Waals surface area contributed by atoms with Crippen LogP contribution in [-0.4, -0.2) is 21.2 Å². The largest absolute Gasteiger partial charge is 0.494 e. The molecule has 0 aliphatic heterocycles. The number of rotatable bonds is 2. The molecule has 0 aliphatic rings. The maximum Gasteiger partial charge on any atom is 0.154 e. The summed E-state index contributed by atoms with van der Waals surface area (Å²) in [5.74, 6) is 7.14. The van der Waals surface area contributed by atoms with Crippen molar-refractivity contribution in [2.75, 3.05) is 6.61 Å². The smallest absolute Gasteiger partial charge is 0.154 e. The summed E-state index contributed by atoms with van der Waals surface area (Å²) in [6.07, 6.45) is 3.46. The first-order chi connectivity index (χ1) is 10.3. The Morgan fingerprint density at radius 3 is 3.00 bits per heavy atom. The molecule has 0 atom stereocenters. The molecule has 0 amide bonds. The van der Waals surface area contributed by atoms with Crippen LogP contribution < -0.4 is 4.74 Å². The van der Waals surface area contributed by atoms with Gasteiger partial charge in [0.15, 0.2) is 5.65 Å². The molecule has 2 aromatic heterocycles. The molecule has 0 aliphatic carbocycles. The van der Waals surface area contributed by atoms with Gasteiger partial charge in [-0.3, -0.25) is 0 Å². The van der Waals surface area contributed by atoms with Crippen molar-refractivity contribution >= 4 is 5.65 Å². The van der Waals surface area contributed by atoms with Gasteiger partial charge < -0.3 is 4.74 Å². The second-order valence-electron chi connectivity index (χ2n) is 4.60. The average molecular weight is 277 g/mol. The minimum Gasteiger partial charge on any atom is -0.494 e. The summed E-state index contributed by atoms with van der Waals surface area (Å²) in [6, 6.07) is 9.69. The lowest BCUT2D eigenvalue weighted by molar-refractivity contribution is 0.340. The lowest BCUT2D eigenvalue weighted by Crippen LogP contribution is -1.94. The maximum atomic E-state index is 5.51. The summed E-state index contributed by atoms with van der Waals surface area (Å²) in [6.45, 7) is 4.65. The minimum atomic E-state index is 0.646. The highest BCUT2D eigenvalue weighted by atomic mass is 16.5. The summed E-state index contributed by atoms with van der Waals surface area (Å²) in [7, 11) is 0. The normalized spacial score (nSPS) is 10.2. The van der Waals surface area contributed by atoms with Gasteiger partial charge in [-0.05, 0) is 49.6 Å². The molecule has 0 saturated heterocycles. The Morgan fingerprint density at radius 2 is 2.14 bits per heavy atom. The molecule has 0 fully saturated rings. The van der Waals surface area contributed by atoms with Crippen LogP contribution in [0.25, 0.3) is 5.65 Å². The molecule has 1 aromatic carbocycles. The second-order valence-corrected chi connectivity index (χ2v) is 4.60. The first-order valence-electron chi connectivity index (χ1n) is 6.82. The van der Waals surface area contributed by atoms with E-state index in [0.29, 0.717) is 6.61 Å². The summed E-state index contributed by atoms with van der Waals surface area (Å²) >= 11 is 0. The predicted molar refractivity (Wildman–Crippen MR) is 81.3 cm³/mol. The zero-order chi connectivity index (χ0) is 14.7. The summed E-state index contributed by atoms with van der Waals surface area (Å²) in [4.78, 5) is 4.27. The first-order valence-corrected chi connectivity index (χ1v) is 6.82. The highest BCUT2D eigenvalue weighted by Crippen LogP contribution is 2.16. The zero-order valence-electron chi connectivity index (χ0n) is 12.0. The van der Waals surface area contributed by atoms with Crippen molar-refractivity contribution in [1.29, 1.82) is 0 Å². The number of hydrogen-bond donors (Lipinski definition) is 0. The fraction of sp³-hybridized carbons (Fsp3) is 0.176. The molecule has 21 heavy (non-hydrogen) atoms. The first kappa shape index (κ1) is 13.2. The van der Waals surface area contributed by atoms with Crippen molar-refractivity contribution in [3.05, 3.63) is 59.5 Å². The number of fused-ring (bicyclic) bond motifs is 1. The van der Waals surface area contributed by atoms with Gasteiger partial charge in [-0.2, -0.15) is 5.10 Å². The van der Waals surface area contributed by atoms with Crippen LogP contribution in [0.15, 0.2) is 42.7 Å². The third-order valence-corrected chi connectivity index (χ3v) is 3.12. The van der Waals surface area contributed by atoms with Gasteiger partial charge in [0.25, 0.3) is 0 Å². The lowest BCUT2D eigenvalue weighted by atomic mass is 10.1. The Balaban J connectivity index is 1.99. The van der Waals surface area contributed by atoms with Gasteiger partial charge in [0.1, 0.15) is 11.4 Å². The average Bonchev–Trinajstić information content (AvgIpc) is 2.91. The van der Waals surface area contributed by atoms with Crippen molar-refractivity contribution in [1.82, 2.24) is 14.6 Å². The van der Waals surface area contributed by atoms with Gasteiger partial charge in [0, 0.05) is 11.8 Å². The van der Waals surface area contributed by atoms with Crippen molar-refractivity contribution < 1.29 is 4.74 Å². The molecule has 0 N–H and O–H groups in total. The molecule has 0 bridgehead atoms. The topological polar surface area (TPSA) is 39.4 Å². The number of hydrogen-bond acceptors (Lipinski definition) is 3. The standard InChI is InChI=1S/C17H15N3O/c1-3-21-16-9-6-13(2)14(11-16)7-8-15-12-18-17-5-4-10-19-20(15)17/h4-6,9-12H,3H2,1-2H3. The number of benzene rings is 1. The van der Waals surface area contributed by atoms with E-state index in [1.807, 2.05) is 44.2 Å². The highest BCUT2D eigenvalue weighted by Gasteiger charge is 2.01. The molecular formula is C17H15N3O. The van der Waals surface area contributed by atoms with Crippen molar-refractivity contribution in [3.63, 3.8) is 0 Å². The van der Waals surface area contributed by atoms with Crippen LogP contribution in [0.4, 0.5) is 0 Å². The number of imidazole rings is 1. The molecule has 4 nitrogen and oxygen atoms in total. The van der Waals surface area contributed by atoms with E-state index in [9.17, 15) is 0 Å². The van der Waals surface area contributed by atoms with E-state index in [-0.39, 0.29) is 0 Å². The molecule has 0 saturated carbocycles. The number of ether oxygens (including phenoxy) is 1. The van der Waals surface area contributed by atoms with E-state index in [1.165, 1.54) is 0 Å². The predicted octanol–water partition coefficient (Wildman–Crippen LogP) is 2.84. The molecule has 2 heterocycles. The Kier molecular flexibility index (Phi) is 3.57. The van der Waals surface area contributed by atoms with Crippen molar-refractivity contribution in [2.24, 2.45) is 0 Å². The lowest BCUT2D eigenvalue weighted by Gasteiger charge is -2.04. The molecule has 4 heteroatoms. The van der Waals surface area contributed by atoms with Crippen LogP contribution in [0.5, 0.6) is 5.75 Å². The molecule has 3 aromatic rings. The van der Waals surface area contributed by atoms with Crippen LogP contribution in [0, 0.1) is 18.8 Å². The monoisotopic (exact) mass is 277 g/mol.